The molecule has 1 aromatic rings. The summed E-state index contributed by atoms with van der Waals surface area (Å²) in [5.74, 6) is 4.33. The Morgan fingerprint density at radius 3 is 2.63 bits per heavy atom. The van der Waals surface area contributed by atoms with Crippen LogP contribution in [0.3, 0.4) is 0 Å². The van der Waals surface area contributed by atoms with E-state index in [9.17, 15) is 0 Å². The SMILES string of the molecule is NC(CC1CCSCC1)c1cccc(C2CCC2)c1. The van der Waals surface area contributed by atoms with Gasteiger partial charge in [0.1, 0.15) is 0 Å². The minimum Gasteiger partial charge on any atom is -0.324 e. The van der Waals surface area contributed by atoms with Gasteiger partial charge in [-0.05, 0) is 66.6 Å². The minimum atomic E-state index is 0.244. The molecule has 1 atom stereocenters. The summed E-state index contributed by atoms with van der Waals surface area (Å²) in [5, 5.41) is 0. The first kappa shape index (κ1) is 13.5. The first-order chi connectivity index (χ1) is 9.33. The fraction of sp³-hybridized carbons (Fsp3) is 0.647. The van der Waals surface area contributed by atoms with E-state index in [1.54, 1.807) is 0 Å². The van der Waals surface area contributed by atoms with Gasteiger partial charge < -0.3 is 5.73 Å². The Labute approximate surface area is 121 Å². The number of thioether (sulfide) groups is 1. The summed E-state index contributed by atoms with van der Waals surface area (Å²) < 4.78 is 0. The average Bonchev–Trinajstić information content (AvgIpc) is 2.38. The standard InChI is InChI=1S/C17H25NS/c18-17(11-13-7-9-19-10-8-13)16-6-2-5-15(12-16)14-3-1-4-14/h2,5-6,12-14,17H,1,3-4,7-11,18H2. The minimum absolute atomic E-state index is 0.244. The van der Waals surface area contributed by atoms with Crippen molar-refractivity contribution < 1.29 is 0 Å². The van der Waals surface area contributed by atoms with Gasteiger partial charge in [-0.25, -0.2) is 0 Å². The van der Waals surface area contributed by atoms with E-state index < -0.39 is 0 Å². The van der Waals surface area contributed by atoms with Crippen LogP contribution >= 0.6 is 11.8 Å². The van der Waals surface area contributed by atoms with E-state index in [0.29, 0.717) is 0 Å². The maximum absolute atomic E-state index is 6.45. The Morgan fingerprint density at radius 1 is 1.16 bits per heavy atom. The fourth-order valence-corrected chi connectivity index (χ4v) is 4.47. The number of rotatable bonds is 4. The van der Waals surface area contributed by atoms with Crippen LogP contribution in [0, 0.1) is 5.92 Å². The van der Waals surface area contributed by atoms with Gasteiger partial charge in [0.15, 0.2) is 0 Å². The van der Waals surface area contributed by atoms with Gasteiger partial charge in [-0.1, -0.05) is 30.7 Å². The molecular weight excluding hydrogens is 250 g/mol. The Kier molecular flexibility index (Phi) is 4.49. The van der Waals surface area contributed by atoms with Crippen LogP contribution in [0.4, 0.5) is 0 Å². The van der Waals surface area contributed by atoms with Crippen molar-refractivity contribution >= 4 is 11.8 Å². The van der Waals surface area contributed by atoms with Crippen LogP contribution in [0.2, 0.25) is 0 Å². The largest absolute Gasteiger partial charge is 0.324 e. The van der Waals surface area contributed by atoms with Gasteiger partial charge in [0.05, 0.1) is 0 Å². The van der Waals surface area contributed by atoms with Gasteiger partial charge in [0.25, 0.3) is 0 Å². The molecule has 1 saturated carbocycles. The van der Waals surface area contributed by atoms with Gasteiger partial charge in [0.2, 0.25) is 0 Å². The van der Waals surface area contributed by atoms with Crippen molar-refractivity contribution in [2.45, 2.75) is 50.5 Å². The van der Waals surface area contributed by atoms with Crippen LogP contribution in [0.1, 0.15) is 61.6 Å². The zero-order chi connectivity index (χ0) is 13.1. The van der Waals surface area contributed by atoms with Gasteiger partial charge in [0, 0.05) is 6.04 Å². The van der Waals surface area contributed by atoms with Crippen molar-refractivity contribution in [2.24, 2.45) is 11.7 Å². The molecule has 0 aromatic heterocycles. The Balaban J connectivity index is 1.63. The quantitative estimate of drug-likeness (QED) is 0.876. The zero-order valence-electron chi connectivity index (χ0n) is 11.7. The van der Waals surface area contributed by atoms with Crippen molar-refractivity contribution in [2.75, 3.05) is 11.5 Å². The monoisotopic (exact) mass is 275 g/mol. The lowest BCUT2D eigenvalue weighted by Gasteiger charge is -2.28. The normalized spacial score (nSPS) is 23.0. The highest BCUT2D eigenvalue weighted by Crippen LogP contribution is 2.37. The Bertz CT molecular complexity index is 407. The molecule has 104 valence electrons. The molecule has 2 aliphatic rings. The van der Waals surface area contributed by atoms with E-state index in [0.717, 1.165) is 11.8 Å². The van der Waals surface area contributed by atoms with Gasteiger partial charge in [-0.2, -0.15) is 11.8 Å². The lowest BCUT2D eigenvalue weighted by molar-refractivity contribution is 0.409. The maximum atomic E-state index is 6.45. The molecule has 1 aliphatic heterocycles. The molecule has 2 N–H and O–H groups in total. The molecule has 2 fully saturated rings. The molecule has 0 bridgehead atoms. The zero-order valence-corrected chi connectivity index (χ0v) is 12.5. The van der Waals surface area contributed by atoms with Crippen LogP contribution in [-0.4, -0.2) is 11.5 Å². The molecule has 1 saturated heterocycles. The predicted octanol–water partition coefficient (Wildman–Crippen LogP) is 4.49. The molecule has 1 nitrogen and oxygen atoms in total. The van der Waals surface area contributed by atoms with E-state index >= 15 is 0 Å². The summed E-state index contributed by atoms with van der Waals surface area (Å²) in [6, 6.07) is 9.35. The highest BCUT2D eigenvalue weighted by atomic mass is 32.2. The first-order valence-corrected chi connectivity index (χ1v) is 8.91. The fourth-order valence-electron chi connectivity index (χ4n) is 3.26. The lowest BCUT2D eigenvalue weighted by Crippen LogP contribution is -2.19. The third-order valence-electron chi connectivity index (χ3n) is 4.84. The molecule has 0 spiro atoms. The molecule has 0 radical (unpaired) electrons. The van der Waals surface area contributed by atoms with Crippen LogP contribution < -0.4 is 5.73 Å². The molecule has 1 aliphatic carbocycles. The van der Waals surface area contributed by atoms with Gasteiger partial charge in [-0.3, -0.25) is 0 Å². The predicted molar refractivity (Wildman–Crippen MR) is 84.6 cm³/mol. The molecule has 19 heavy (non-hydrogen) atoms. The van der Waals surface area contributed by atoms with Crippen molar-refractivity contribution in [3.05, 3.63) is 35.4 Å². The second kappa shape index (κ2) is 6.32. The van der Waals surface area contributed by atoms with Gasteiger partial charge >= 0.3 is 0 Å². The third kappa shape index (κ3) is 3.35. The summed E-state index contributed by atoms with van der Waals surface area (Å²) >= 11 is 2.10. The second-order valence-electron chi connectivity index (χ2n) is 6.20. The lowest BCUT2D eigenvalue weighted by atomic mass is 9.79. The van der Waals surface area contributed by atoms with Crippen LogP contribution in [-0.2, 0) is 0 Å². The first-order valence-electron chi connectivity index (χ1n) is 7.76. The summed E-state index contributed by atoms with van der Waals surface area (Å²) in [5.41, 5.74) is 9.34. The Morgan fingerprint density at radius 2 is 1.95 bits per heavy atom. The summed E-state index contributed by atoms with van der Waals surface area (Å²) in [6.45, 7) is 0. The van der Waals surface area contributed by atoms with Crippen molar-refractivity contribution in [3.8, 4) is 0 Å². The molecule has 1 unspecified atom stereocenters. The Hall–Kier alpha value is -0.470. The van der Waals surface area contributed by atoms with Crippen molar-refractivity contribution in [3.63, 3.8) is 0 Å². The second-order valence-corrected chi connectivity index (χ2v) is 7.42. The number of nitrogens with two attached hydrogens (primary N) is 1. The molecule has 1 aromatic carbocycles. The number of hydrogen-bond acceptors (Lipinski definition) is 2. The molecule has 3 rings (SSSR count). The van der Waals surface area contributed by atoms with Gasteiger partial charge in [-0.15, -0.1) is 0 Å². The summed E-state index contributed by atoms with van der Waals surface area (Å²) in [6.07, 6.45) is 8.05. The highest BCUT2D eigenvalue weighted by Gasteiger charge is 2.21. The molecule has 2 heteroatoms. The van der Waals surface area contributed by atoms with Crippen LogP contribution in [0.15, 0.2) is 24.3 Å². The number of benzene rings is 1. The average molecular weight is 275 g/mol. The van der Waals surface area contributed by atoms with E-state index in [4.69, 9.17) is 5.73 Å². The molecular formula is C17H25NS. The van der Waals surface area contributed by atoms with E-state index in [2.05, 4.69) is 36.0 Å². The highest BCUT2D eigenvalue weighted by molar-refractivity contribution is 7.99. The number of hydrogen-bond donors (Lipinski definition) is 1. The van der Waals surface area contributed by atoms with E-state index in [1.165, 1.54) is 61.2 Å². The van der Waals surface area contributed by atoms with Crippen molar-refractivity contribution in [1.29, 1.82) is 0 Å². The van der Waals surface area contributed by atoms with Crippen LogP contribution in [0.25, 0.3) is 0 Å². The molecule has 1 heterocycles. The molecule has 0 amide bonds. The third-order valence-corrected chi connectivity index (χ3v) is 5.89. The van der Waals surface area contributed by atoms with Crippen molar-refractivity contribution in [1.82, 2.24) is 0 Å². The summed E-state index contributed by atoms with van der Waals surface area (Å²) in [4.78, 5) is 0. The van der Waals surface area contributed by atoms with E-state index in [-0.39, 0.29) is 6.04 Å². The summed E-state index contributed by atoms with van der Waals surface area (Å²) in [7, 11) is 0. The van der Waals surface area contributed by atoms with E-state index in [1.807, 2.05) is 0 Å². The maximum Gasteiger partial charge on any atom is 0.0297 e. The van der Waals surface area contributed by atoms with Crippen LogP contribution in [0.5, 0.6) is 0 Å². The topological polar surface area (TPSA) is 26.0 Å². The smallest absolute Gasteiger partial charge is 0.0297 e.